The minimum Gasteiger partial charge on any atom is -0.267 e. The molecule has 7 heteroatoms. The van der Waals surface area contributed by atoms with Crippen molar-refractivity contribution < 1.29 is 0 Å². The fourth-order valence-electron chi connectivity index (χ4n) is 2.84. The van der Waals surface area contributed by atoms with Crippen LogP contribution in [0.1, 0.15) is 12.5 Å². The highest BCUT2D eigenvalue weighted by molar-refractivity contribution is 5.61. The summed E-state index contributed by atoms with van der Waals surface area (Å²) in [5, 5.41) is 4.56. The summed E-state index contributed by atoms with van der Waals surface area (Å²) in [5.41, 5.74) is 1.64. The fourth-order valence-corrected chi connectivity index (χ4v) is 2.84. The molecule has 0 bridgehead atoms. The van der Waals surface area contributed by atoms with E-state index in [1.807, 2.05) is 54.6 Å². The van der Waals surface area contributed by atoms with Crippen LogP contribution in [0.4, 0.5) is 0 Å². The van der Waals surface area contributed by atoms with Gasteiger partial charge >= 0.3 is 5.69 Å². The van der Waals surface area contributed by atoms with Crippen LogP contribution in [0.15, 0.2) is 64.2 Å². The number of rotatable bonds is 3. The zero-order valence-corrected chi connectivity index (χ0v) is 15.0. The van der Waals surface area contributed by atoms with Gasteiger partial charge in [-0.25, -0.2) is 14.5 Å². The highest BCUT2D eigenvalue weighted by Crippen LogP contribution is 2.22. The van der Waals surface area contributed by atoms with E-state index >= 15 is 0 Å². The first kappa shape index (κ1) is 16.8. The maximum absolute atomic E-state index is 12.6. The summed E-state index contributed by atoms with van der Waals surface area (Å²) < 4.78 is 2.45. The maximum atomic E-state index is 12.6. The second-order valence-electron chi connectivity index (χ2n) is 6.16. The zero-order chi connectivity index (χ0) is 19.0. The van der Waals surface area contributed by atoms with Gasteiger partial charge in [-0.1, -0.05) is 49.4 Å². The van der Waals surface area contributed by atoms with Gasteiger partial charge < -0.3 is 0 Å². The van der Waals surface area contributed by atoms with Crippen LogP contribution in [-0.4, -0.2) is 24.3 Å². The first-order valence-corrected chi connectivity index (χ1v) is 8.61. The number of hydrogen-bond acceptors (Lipinski definition) is 5. The minimum absolute atomic E-state index is 0.102. The predicted octanol–water partition coefficient (Wildman–Crippen LogP) is 2.06. The summed E-state index contributed by atoms with van der Waals surface area (Å²) in [6.07, 6.45) is 0.930. The number of fused-ring (bicyclic) bond motifs is 1. The minimum atomic E-state index is -0.638. The molecule has 0 amide bonds. The van der Waals surface area contributed by atoms with Gasteiger partial charge in [-0.3, -0.25) is 9.36 Å². The lowest BCUT2D eigenvalue weighted by Gasteiger charge is -2.14. The molecule has 2 aliphatic heterocycles. The summed E-state index contributed by atoms with van der Waals surface area (Å²) in [7, 11) is 1.39. The number of para-hydroxylation sites is 1. The summed E-state index contributed by atoms with van der Waals surface area (Å²) in [4.78, 5) is 33.1. The SMILES string of the molecule is CCc1ccc(-c2nc3c(=O)n(C)c(=O)nc-3n(-c3ccccc3)n2)cc1. The molecule has 4 rings (SSSR count). The summed E-state index contributed by atoms with van der Waals surface area (Å²) in [6.45, 7) is 2.08. The van der Waals surface area contributed by atoms with Crippen molar-refractivity contribution in [3.05, 3.63) is 81.0 Å². The molecule has 27 heavy (non-hydrogen) atoms. The van der Waals surface area contributed by atoms with Gasteiger partial charge in [0.05, 0.1) is 5.69 Å². The van der Waals surface area contributed by atoms with E-state index in [4.69, 9.17) is 0 Å². The van der Waals surface area contributed by atoms with E-state index in [2.05, 4.69) is 22.0 Å². The summed E-state index contributed by atoms with van der Waals surface area (Å²) in [5.74, 6) is 0.537. The van der Waals surface area contributed by atoms with E-state index in [9.17, 15) is 9.59 Å². The first-order valence-electron chi connectivity index (χ1n) is 8.61. The van der Waals surface area contributed by atoms with Gasteiger partial charge in [0, 0.05) is 12.6 Å². The van der Waals surface area contributed by atoms with Crippen molar-refractivity contribution >= 4 is 0 Å². The summed E-state index contributed by atoms with van der Waals surface area (Å²) in [6, 6.07) is 17.1. The lowest BCUT2D eigenvalue weighted by Crippen LogP contribution is -2.37. The molecule has 0 radical (unpaired) electrons. The van der Waals surface area contributed by atoms with Gasteiger partial charge in [0.25, 0.3) is 5.56 Å². The highest BCUT2D eigenvalue weighted by Gasteiger charge is 2.21. The quantitative estimate of drug-likeness (QED) is 0.559. The van der Waals surface area contributed by atoms with Crippen LogP contribution in [0.25, 0.3) is 28.6 Å². The van der Waals surface area contributed by atoms with Crippen LogP contribution in [0.2, 0.25) is 0 Å². The number of hydrogen-bond donors (Lipinski definition) is 0. The smallest absolute Gasteiger partial charge is 0.267 e. The first-order chi connectivity index (χ1) is 13.1. The second-order valence-corrected chi connectivity index (χ2v) is 6.16. The molecular weight excluding hydrogens is 342 g/mol. The molecule has 2 aromatic carbocycles. The molecule has 0 saturated heterocycles. The Balaban J connectivity index is 2.05. The number of aryl methyl sites for hydroxylation is 1. The van der Waals surface area contributed by atoms with E-state index in [0.717, 1.165) is 16.6 Å². The van der Waals surface area contributed by atoms with Crippen molar-refractivity contribution in [1.82, 2.24) is 24.3 Å². The molecule has 0 spiro atoms. The normalized spacial score (nSPS) is 11.0. The van der Waals surface area contributed by atoms with E-state index in [0.29, 0.717) is 11.5 Å². The molecule has 2 heterocycles. The predicted molar refractivity (Wildman–Crippen MR) is 102 cm³/mol. The maximum Gasteiger partial charge on any atom is 0.352 e. The Morgan fingerprint density at radius 1 is 0.926 bits per heavy atom. The third-order valence-corrected chi connectivity index (χ3v) is 4.44. The third-order valence-electron chi connectivity index (χ3n) is 4.44. The molecule has 0 saturated carbocycles. The molecule has 2 aliphatic rings. The highest BCUT2D eigenvalue weighted by atomic mass is 16.2. The van der Waals surface area contributed by atoms with Crippen molar-refractivity contribution in [2.45, 2.75) is 13.3 Å². The van der Waals surface area contributed by atoms with Gasteiger partial charge in [0.1, 0.15) is 0 Å². The Hall–Kier alpha value is -3.61. The van der Waals surface area contributed by atoms with Crippen LogP contribution < -0.4 is 11.2 Å². The Kier molecular flexibility index (Phi) is 4.12. The topological polar surface area (TPSA) is 82.7 Å². The Morgan fingerprint density at radius 2 is 1.63 bits per heavy atom. The Labute approximate surface area is 154 Å². The largest absolute Gasteiger partial charge is 0.352 e. The average molecular weight is 359 g/mol. The molecular formula is C20H17N5O2. The number of nitrogens with zero attached hydrogens (tertiary/aromatic N) is 5. The van der Waals surface area contributed by atoms with Crippen molar-refractivity contribution in [1.29, 1.82) is 0 Å². The lowest BCUT2D eigenvalue weighted by molar-refractivity contribution is 0.723. The van der Waals surface area contributed by atoms with E-state index in [1.165, 1.54) is 17.3 Å². The Bertz CT molecular complexity index is 1190. The molecule has 0 aromatic heterocycles. The standard InChI is InChI=1S/C20H17N5O2/c1-3-13-9-11-14(12-10-13)17-21-16-18(22-20(27)24(2)19(16)26)25(23-17)15-7-5-4-6-8-15/h4-12H,3H2,1-2H3. The molecule has 0 unspecified atom stereocenters. The average Bonchev–Trinajstić information content (AvgIpc) is 2.72. The van der Waals surface area contributed by atoms with Gasteiger partial charge in [0.2, 0.25) is 0 Å². The second kappa shape index (κ2) is 6.60. The Morgan fingerprint density at radius 3 is 2.30 bits per heavy atom. The van der Waals surface area contributed by atoms with Gasteiger partial charge in [-0.15, -0.1) is 5.10 Å². The number of aromatic nitrogens is 5. The van der Waals surface area contributed by atoms with E-state index in [1.54, 1.807) is 0 Å². The van der Waals surface area contributed by atoms with Crippen molar-refractivity contribution in [3.8, 4) is 28.6 Å². The lowest BCUT2D eigenvalue weighted by atomic mass is 10.1. The zero-order valence-electron chi connectivity index (χ0n) is 15.0. The fraction of sp³-hybridized carbons (Fsp3) is 0.150. The van der Waals surface area contributed by atoms with Crippen molar-refractivity contribution in [3.63, 3.8) is 0 Å². The van der Waals surface area contributed by atoms with Crippen LogP contribution in [0, 0.1) is 0 Å². The monoisotopic (exact) mass is 359 g/mol. The van der Waals surface area contributed by atoms with Gasteiger partial charge in [-0.2, -0.15) is 4.98 Å². The van der Waals surface area contributed by atoms with Gasteiger partial charge in [0.15, 0.2) is 17.3 Å². The molecule has 0 aliphatic carbocycles. The van der Waals surface area contributed by atoms with Crippen molar-refractivity contribution in [2.75, 3.05) is 0 Å². The van der Waals surface area contributed by atoms with Gasteiger partial charge in [-0.05, 0) is 24.1 Å². The van der Waals surface area contributed by atoms with Crippen LogP contribution in [-0.2, 0) is 13.5 Å². The molecule has 2 aromatic rings. The molecule has 0 N–H and O–H groups in total. The molecule has 7 nitrogen and oxygen atoms in total. The molecule has 134 valence electrons. The number of benzene rings is 2. The van der Waals surface area contributed by atoms with Crippen molar-refractivity contribution in [2.24, 2.45) is 7.05 Å². The van der Waals surface area contributed by atoms with E-state index < -0.39 is 11.2 Å². The summed E-state index contributed by atoms with van der Waals surface area (Å²) >= 11 is 0. The third kappa shape index (κ3) is 2.93. The van der Waals surface area contributed by atoms with Crippen LogP contribution >= 0.6 is 0 Å². The molecule has 0 atom stereocenters. The van der Waals surface area contributed by atoms with E-state index in [-0.39, 0.29) is 11.5 Å². The molecule has 0 fully saturated rings. The van der Waals surface area contributed by atoms with Crippen LogP contribution in [0.3, 0.4) is 0 Å². The van der Waals surface area contributed by atoms with Crippen LogP contribution in [0.5, 0.6) is 0 Å².